The molecule has 30 heavy (non-hydrogen) atoms. The van der Waals surface area contributed by atoms with E-state index in [1.165, 1.54) is 6.07 Å². The van der Waals surface area contributed by atoms with Gasteiger partial charge >= 0.3 is 0 Å². The second-order valence-corrected chi connectivity index (χ2v) is 7.16. The number of fused-ring (bicyclic) bond motifs is 1. The number of aryl methyl sites for hydroxylation is 1. The van der Waals surface area contributed by atoms with Crippen molar-refractivity contribution in [3.05, 3.63) is 70.7 Å². The third-order valence-corrected chi connectivity index (χ3v) is 4.82. The zero-order valence-electron chi connectivity index (χ0n) is 16.4. The second kappa shape index (κ2) is 8.08. The predicted molar refractivity (Wildman–Crippen MR) is 116 cm³/mol. The summed E-state index contributed by atoms with van der Waals surface area (Å²) in [6.07, 6.45) is 0. The Morgan fingerprint density at radius 3 is 2.77 bits per heavy atom. The number of aromatic hydroxyl groups is 1. The van der Waals surface area contributed by atoms with Gasteiger partial charge in [0.15, 0.2) is 5.58 Å². The van der Waals surface area contributed by atoms with Crippen LogP contribution in [0.15, 0.2) is 59.0 Å². The van der Waals surface area contributed by atoms with Gasteiger partial charge in [-0.15, -0.1) is 0 Å². The van der Waals surface area contributed by atoms with E-state index in [-0.39, 0.29) is 17.5 Å². The van der Waals surface area contributed by atoms with Gasteiger partial charge in [0.2, 0.25) is 5.89 Å². The molecule has 6 nitrogen and oxygen atoms in total. The second-order valence-electron chi connectivity index (χ2n) is 6.75. The molecule has 0 bridgehead atoms. The molecule has 0 fully saturated rings. The standard InChI is InChI=1S/C23H19ClN2O4/c1-3-29-20-9-5-14(11-17(20)24)22(28)25-15-6-7-19(27)16(12-15)23-26-18-10-13(2)4-8-21(18)30-23/h4-12,27H,3H2,1-2H3,(H,25,28). The number of anilines is 1. The summed E-state index contributed by atoms with van der Waals surface area (Å²) in [5.74, 6) is 0.451. The third kappa shape index (κ3) is 3.95. The predicted octanol–water partition coefficient (Wildman–Crippen LogP) is 5.81. The smallest absolute Gasteiger partial charge is 0.255 e. The van der Waals surface area contributed by atoms with Crippen molar-refractivity contribution in [2.24, 2.45) is 0 Å². The summed E-state index contributed by atoms with van der Waals surface area (Å²) in [7, 11) is 0. The van der Waals surface area contributed by atoms with Gasteiger partial charge in [-0.3, -0.25) is 4.79 Å². The van der Waals surface area contributed by atoms with Gasteiger partial charge in [0.05, 0.1) is 17.2 Å². The average Bonchev–Trinajstić information content (AvgIpc) is 3.14. The number of aromatic nitrogens is 1. The first-order chi connectivity index (χ1) is 14.4. The first-order valence-corrected chi connectivity index (χ1v) is 9.76. The van der Waals surface area contributed by atoms with Gasteiger partial charge in [0.25, 0.3) is 5.91 Å². The van der Waals surface area contributed by atoms with Gasteiger partial charge in [-0.25, -0.2) is 4.98 Å². The number of carbonyl (C=O) groups excluding carboxylic acids is 1. The molecule has 0 aliphatic rings. The van der Waals surface area contributed by atoms with E-state index in [1.54, 1.807) is 30.3 Å². The number of phenolic OH excluding ortho intramolecular Hbond substituents is 1. The van der Waals surface area contributed by atoms with Crippen LogP contribution < -0.4 is 10.1 Å². The van der Waals surface area contributed by atoms with Crippen LogP contribution in [0.4, 0.5) is 5.69 Å². The normalized spacial score (nSPS) is 10.9. The first-order valence-electron chi connectivity index (χ1n) is 9.39. The summed E-state index contributed by atoms with van der Waals surface area (Å²) in [5.41, 5.74) is 3.62. The number of nitrogens with zero attached hydrogens (tertiary/aromatic N) is 1. The fourth-order valence-corrected chi connectivity index (χ4v) is 3.29. The Hall–Kier alpha value is -3.51. The fourth-order valence-electron chi connectivity index (χ4n) is 3.06. The van der Waals surface area contributed by atoms with Crippen LogP contribution in [0.25, 0.3) is 22.6 Å². The number of hydrogen-bond acceptors (Lipinski definition) is 5. The molecule has 0 atom stereocenters. The van der Waals surface area contributed by atoms with Gasteiger partial charge in [-0.05, 0) is 67.9 Å². The molecule has 0 aliphatic carbocycles. The molecule has 1 amide bonds. The van der Waals surface area contributed by atoms with E-state index in [0.29, 0.717) is 45.3 Å². The van der Waals surface area contributed by atoms with Crippen LogP contribution in [0.5, 0.6) is 11.5 Å². The van der Waals surface area contributed by atoms with Crippen LogP contribution in [-0.4, -0.2) is 22.6 Å². The van der Waals surface area contributed by atoms with Crippen LogP contribution in [0.2, 0.25) is 5.02 Å². The molecular formula is C23H19ClN2O4. The van der Waals surface area contributed by atoms with Crippen LogP contribution in [0.3, 0.4) is 0 Å². The number of benzene rings is 3. The summed E-state index contributed by atoms with van der Waals surface area (Å²) >= 11 is 6.17. The Labute approximate surface area is 178 Å². The van der Waals surface area contributed by atoms with Gasteiger partial charge in [-0.2, -0.15) is 0 Å². The van der Waals surface area contributed by atoms with Crippen molar-refractivity contribution in [3.63, 3.8) is 0 Å². The highest BCUT2D eigenvalue weighted by Crippen LogP contribution is 2.34. The molecular weight excluding hydrogens is 404 g/mol. The number of amides is 1. The highest BCUT2D eigenvalue weighted by atomic mass is 35.5. The molecule has 3 aromatic carbocycles. The maximum Gasteiger partial charge on any atom is 0.255 e. The Bertz CT molecular complexity index is 1250. The molecule has 0 saturated carbocycles. The van der Waals surface area contributed by atoms with E-state index in [9.17, 15) is 9.90 Å². The lowest BCUT2D eigenvalue weighted by atomic mass is 10.1. The van der Waals surface area contributed by atoms with E-state index < -0.39 is 0 Å². The molecule has 2 N–H and O–H groups in total. The van der Waals surface area contributed by atoms with E-state index in [2.05, 4.69) is 10.3 Å². The lowest BCUT2D eigenvalue weighted by Crippen LogP contribution is -2.12. The molecule has 0 radical (unpaired) electrons. The largest absolute Gasteiger partial charge is 0.507 e. The summed E-state index contributed by atoms with van der Waals surface area (Å²) in [5, 5.41) is 13.4. The van der Waals surface area contributed by atoms with E-state index in [0.717, 1.165) is 5.56 Å². The molecule has 0 aliphatic heterocycles. The van der Waals surface area contributed by atoms with Crippen molar-refractivity contribution in [1.29, 1.82) is 0 Å². The summed E-state index contributed by atoms with van der Waals surface area (Å²) in [6.45, 7) is 4.31. The van der Waals surface area contributed by atoms with E-state index in [1.807, 2.05) is 32.0 Å². The van der Waals surface area contributed by atoms with Crippen molar-refractivity contribution >= 4 is 34.3 Å². The van der Waals surface area contributed by atoms with Crippen LogP contribution in [0, 0.1) is 6.92 Å². The Balaban J connectivity index is 1.61. The zero-order chi connectivity index (χ0) is 21.3. The first kappa shape index (κ1) is 19.8. The van der Waals surface area contributed by atoms with Crippen molar-refractivity contribution in [3.8, 4) is 23.0 Å². The molecule has 0 saturated heterocycles. The highest BCUT2D eigenvalue weighted by Gasteiger charge is 2.15. The molecule has 1 heterocycles. The van der Waals surface area contributed by atoms with Gasteiger partial charge in [0.1, 0.15) is 17.0 Å². The molecule has 1 aromatic heterocycles. The molecule has 7 heteroatoms. The van der Waals surface area contributed by atoms with Crippen molar-refractivity contribution < 1.29 is 19.1 Å². The number of carbonyl (C=O) groups is 1. The van der Waals surface area contributed by atoms with Crippen molar-refractivity contribution in [2.45, 2.75) is 13.8 Å². The lowest BCUT2D eigenvalue weighted by Gasteiger charge is -2.10. The average molecular weight is 423 g/mol. The molecule has 152 valence electrons. The molecule has 4 rings (SSSR count). The maximum absolute atomic E-state index is 12.6. The lowest BCUT2D eigenvalue weighted by molar-refractivity contribution is 0.102. The molecule has 0 unspecified atom stereocenters. The van der Waals surface area contributed by atoms with Crippen LogP contribution >= 0.6 is 11.6 Å². The zero-order valence-corrected chi connectivity index (χ0v) is 17.2. The third-order valence-electron chi connectivity index (χ3n) is 4.52. The maximum atomic E-state index is 12.6. The Morgan fingerprint density at radius 1 is 1.17 bits per heavy atom. The van der Waals surface area contributed by atoms with Crippen molar-refractivity contribution in [1.82, 2.24) is 4.98 Å². The van der Waals surface area contributed by atoms with E-state index in [4.69, 9.17) is 20.8 Å². The van der Waals surface area contributed by atoms with Crippen molar-refractivity contribution in [2.75, 3.05) is 11.9 Å². The number of oxazole rings is 1. The van der Waals surface area contributed by atoms with Gasteiger partial charge in [0, 0.05) is 11.3 Å². The summed E-state index contributed by atoms with van der Waals surface area (Å²) in [4.78, 5) is 17.1. The number of hydrogen-bond donors (Lipinski definition) is 2. The quantitative estimate of drug-likeness (QED) is 0.396. The van der Waals surface area contributed by atoms with Gasteiger partial charge < -0.3 is 19.6 Å². The minimum atomic E-state index is -0.343. The van der Waals surface area contributed by atoms with E-state index >= 15 is 0 Å². The summed E-state index contributed by atoms with van der Waals surface area (Å²) in [6, 6.07) is 15.2. The Kier molecular flexibility index (Phi) is 5.33. The highest BCUT2D eigenvalue weighted by molar-refractivity contribution is 6.32. The Morgan fingerprint density at radius 2 is 2.00 bits per heavy atom. The SMILES string of the molecule is CCOc1ccc(C(=O)Nc2ccc(O)c(-c3nc4cc(C)ccc4o3)c2)cc1Cl. The molecule has 0 spiro atoms. The van der Waals surface area contributed by atoms with Crippen LogP contribution in [-0.2, 0) is 0 Å². The number of ether oxygens (including phenoxy) is 1. The monoisotopic (exact) mass is 422 g/mol. The number of rotatable bonds is 5. The topological polar surface area (TPSA) is 84.6 Å². The number of halogens is 1. The summed E-state index contributed by atoms with van der Waals surface area (Å²) < 4.78 is 11.2. The number of phenols is 1. The van der Waals surface area contributed by atoms with Gasteiger partial charge in [-0.1, -0.05) is 17.7 Å². The van der Waals surface area contributed by atoms with Crippen LogP contribution in [0.1, 0.15) is 22.8 Å². The fraction of sp³-hybridized carbons (Fsp3) is 0.130. The minimum absolute atomic E-state index is 0.000360. The number of nitrogens with one attached hydrogen (secondary N) is 1. The molecule has 4 aromatic rings. The minimum Gasteiger partial charge on any atom is -0.507 e.